The summed E-state index contributed by atoms with van der Waals surface area (Å²) in [5.41, 5.74) is 6.61. The number of piperidine rings is 1. The summed E-state index contributed by atoms with van der Waals surface area (Å²) < 4.78 is 30.7. The molecule has 4 aromatic rings. The number of nitrogens with one attached hydrogen (secondary N) is 1. The first-order valence-electron chi connectivity index (χ1n) is 9.57. The third-order valence-electron chi connectivity index (χ3n) is 5.78. The molecule has 0 radical (unpaired) electrons. The number of nitrogens with two attached hydrogens (primary N) is 1. The van der Waals surface area contributed by atoms with E-state index in [1.165, 1.54) is 48.7 Å². The molecule has 1 aliphatic heterocycles. The summed E-state index contributed by atoms with van der Waals surface area (Å²) in [4.78, 5) is 4.16. The number of pyridine rings is 1. The minimum Gasteiger partial charge on any atom is -0.389 e. The first kappa shape index (κ1) is 18.9. The minimum absolute atomic E-state index is 0.0328. The lowest BCUT2D eigenvalue weighted by molar-refractivity contribution is 0.624. The average molecular weight is 424 g/mol. The van der Waals surface area contributed by atoms with E-state index in [0.717, 1.165) is 23.2 Å². The van der Waals surface area contributed by atoms with E-state index in [9.17, 15) is 14.0 Å². The number of anilines is 1. The smallest absolute Gasteiger partial charge is 0.175 e. The van der Waals surface area contributed by atoms with E-state index in [4.69, 9.17) is 5.73 Å². The minimum atomic E-state index is -0.575. The van der Waals surface area contributed by atoms with Gasteiger partial charge in [0.25, 0.3) is 0 Å². The van der Waals surface area contributed by atoms with E-state index in [1.54, 1.807) is 7.05 Å². The number of rotatable bonds is 1. The Bertz CT molecular complexity index is 1330. The van der Waals surface area contributed by atoms with Gasteiger partial charge < -0.3 is 11.1 Å². The number of thiophene rings is 1. The number of aromatic nitrogens is 3. The fraction of sp³-hybridized carbons (Fsp3) is 0.286. The molecule has 30 heavy (non-hydrogen) atoms. The highest BCUT2D eigenvalue weighted by molar-refractivity contribution is 7.23. The third-order valence-corrected chi connectivity index (χ3v) is 6.81. The van der Waals surface area contributed by atoms with Crippen molar-refractivity contribution in [3.8, 4) is 17.3 Å². The molecule has 3 aromatic heterocycles. The van der Waals surface area contributed by atoms with Crippen LogP contribution in [-0.4, -0.2) is 27.9 Å². The first-order valence-corrected chi connectivity index (χ1v) is 10.4. The second kappa shape index (κ2) is 7.00. The number of benzene rings is 1. The van der Waals surface area contributed by atoms with Crippen LogP contribution < -0.4 is 11.1 Å². The molecule has 1 saturated heterocycles. The van der Waals surface area contributed by atoms with E-state index in [-0.39, 0.29) is 26.3 Å². The molecular formula is C21H18F2N6S. The molecule has 6 nitrogen and oxygen atoms in total. The molecule has 1 saturated carbocycles. The predicted molar refractivity (Wildman–Crippen MR) is 113 cm³/mol. The van der Waals surface area contributed by atoms with Crippen molar-refractivity contribution in [1.82, 2.24) is 20.1 Å². The number of hydrogen-bond donors (Lipinski definition) is 2. The van der Waals surface area contributed by atoms with Crippen molar-refractivity contribution in [3.05, 3.63) is 41.7 Å². The quantitative estimate of drug-likeness (QED) is 0.485. The van der Waals surface area contributed by atoms with Crippen molar-refractivity contribution in [1.29, 1.82) is 5.26 Å². The number of halogens is 2. The van der Waals surface area contributed by atoms with Crippen molar-refractivity contribution in [2.45, 2.75) is 6.42 Å². The number of nitrogen functional groups attached to an aromatic ring is 1. The summed E-state index contributed by atoms with van der Waals surface area (Å²) >= 11 is 0.966. The second-order valence-corrected chi connectivity index (χ2v) is 8.71. The zero-order valence-corrected chi connectivity index (χ0v) is 16.9. The lowest BCUT2D eigenvalue weighted by atomic mass is 10.0. The molecule has 1 aromatic carbocycles. The largest absolute Gasteiger partial charge is 0.389 e. The highest BCUT2D eigenvalue weighted by Gasteiger charge is 2.40. The molecule has 2 fully saturated rings. The topological polar surface area (TPSA) is 92.6 Å². The summed E-state index contributed by atoms with van der Waals surface area (Å²) in [7, 11) is 1.62. The van der Waals surface area contributed by atoms with E-state index in [1.807, 2.05) is 6.07 Å². The Morgan fingerprint density at radius 1 is 1.27 bits per heavy atom. The van der Waals surface area contributed by atoms with Gasteiger partial charge in [0.15, 0.2) is 5.82 Å². The Labute approximate surface area is 174 Å². The highest BCUT2D eigenvalue weighted by Crippen LogP contribution is 2.42. The molecular weight excluding hydrogens is 406 g/mol. The Morgan fingerprint density at radius 3 is 2.67 bits per heavy atom. The molecule has 2 aliphatic rings. The van der Waals surface area contributed by atoms with Crippen LogP contribution >= 0.6 is 11.3 Å². The van der Waals surface area contributed by atoms with Gasteiger partial charge in [0.2, 0.25) is 0 Å². The average Bonchev–Trinajstić information content (AvgIpc) is 3.06. The molecule has 152 valence electrons. The maximum Gasteiger partial charge on any atom is 0.175 e. The molecule has 0 bridgehead atoms. The molecule has 2 atom stereocenters. The molecule has 1 aliphatic carbocycles. The maximum atomic E-state index is 15.0. The van der Waals surface area contributed by atoms with Gasteiger partial charge in [0, 0.05) is 29.6 Å². The van der Waals surface area contributed by atoms with Crippen molar-refractivity contribution in [2.24, 2.45) is 18.9 Å². The van der Waals surface area contributed by atoms with Gasteiger partial charge in [-0.3, -0.25) is 9.67 Å². The Morgan fingerprint density at radius 2 is 2.03 bits per heavy atom. The predicted octanol–water partition coefficient (Wildman–Crippen LogP) is 3.81. The van der Waals surface area contributed by atoms with Crippen molar-refractivity contribution in [3.63, 3.8) is 0 Å². The zero-order chi connectivity index (χ0) is 21.0. The summed E-state index contributed by atoms with van der Waals surface area (Å²) in [6, 6.07) is 4.61. The van der Waals surface area contributed by atoms with Crippen LogP contribution in [0.5, 0.6) is 0 Å². The SMILES string of the molecule is C1NCC2CC12.Cn1ncc2cnc(-c3ccc(F)c4sc(N)c(C#N)c34)c(F)c21. The van der Waals surface area contributed by atoms with E-state index in [2.05, 4.69) is 15.4 Å². The summed E-state index contributed by atoms with van der Waals surface area (Å²) in [6.45, 7) is 2.62. The van der Waals surface area contributed by atoms with Crippen LogP contribution in [0.25, 0.3) is 32.2 Å². The van der Waals surface area contributed by atoms with Crippen molar-refractivity contribution in [2.75, 3.05) is 18.8 Å². The molecule has 6 rings (SSSR count). The molecule has 2 unspecified atom stereocenters. The standard InChI is InChI=1S/C16H9F2N5S.C5H9N/c1-23-14-7(6-22-23)5-21-13(12(14)18)8-2-3-10(17)15-11(8)9(4-19)16(20)24-15;1-4-2-6-3-5(1)4/h2-3,5-6H,20H2,1H3;4-6H,1-3H2. The normalized spacial score (nSPS) is 19.4. The number of aryl methyl sites for hydroxylation is 1. The highest BCUT2D eigenvalue weighted by atomic mass is 32.1. The Balaban J connectivity index is 0.000000272. The molecule has 9 heteroatoms. The number of nitrogens with zero attached hydrogens (tertiary/aromatic N) is 4. The van der Waals surface area contributed by atoms with E-state index in [0.29, 0.717) is 16.5 Å². The summed E-state index contributed by atoms with van der Waals surface area (Å²) in [5, 5.41) is 17.7. The van der Waals surface area contributed by atoms with Gasteiger partial charge in [-0.05, 0) is 43.5 Å². The van der Waals surface area contributed by atoms with E-state index >= 15 is 0 Å². The van der Waals surface area contributed by atoms with Gasteiger partial charge in [-0.25, -0.2) is 8.78 Å². The van der Waals surface area contributed by atoms with Gasteiger partial charge >= 0.3 is 0 Å². The third kappa shape index (κ3) is 2.91. The van der Waals surface area contributed by atoms with Crippen LogP contribution in [0.1, 0.15) is 12.0 Å². The summed E-state index contributed by atoms with van der Waals surface area (Å²) in [5.74, 6) is 1.12. The molecule has 4 heterocycles. The lowest BCUT2D eigenvalue weighted by Gasteiger charge is -2.07. The lowest BCUT2D eigenvalue weighted by Crippen LogP contribution is -2.10. The maximum absolute atomic E-state index is 15.0. The Hall–Kier alpha value is -3.09. The zero-order valence-electron chi connectivity index (χ0n) is 16.1. The van der Waals surface area contributed by atoms with Gasteiger partial charge in [-0.1, -0.05) is 0 Å². The fourth-order valence-electron chi connectivity index (χ4n) is 4.07. The van der Waals surface area contributed by atoms with Gasteiger partial charge in [-0.2, -0.15) is 10.4 Å². The van der Waals surface area contributed by atoms with Crippen molar-refractivity contribution < 1.29 is 8.78 Å². The first-order chi connectivity index (χ1) is 14.5. The number of hydrogen-bond acceptors (Lipinski definition) is 6. The van der Waals surface area contributed by atoms with Crippen LogP contribution in [0.15, 0.2) is 24.5 Å². The monoisotopic (exact) mass is 424 g/mol. The summed E-state index contributed by atoms with van der Waals surface area (Å²) in [6.07, 6.45) is 4.53. The number of fused-ring (bicyclic) bond motifs is 3. The van der Waals surface area contributed by atoms with Crippen LogP contribution in [-0.2, 0) is 7.05 Å². The fourth-order valence-corrected chi connectivity index (χ4v) is 5.02. The van der Waals surface area contributed by atoms with Crippen LogP contribution in [0.4, 0.5) is 13.8 Å². The molecule has 0 spiro atoms. The van der Waals surface area contributed by atoms with Gasteiger partial charge in [-0.15, -0.1) is 11.3 Å². The number of nitriles is 1. The van der Waals surface area contributed by atoms with E-state index < -0.39 is 11.6 Å². The van der Waals surface area contributed by atoms with Crippen LogP contribution in [0.3, 0.4) is 0 Å². The van der Waals surface area contributed by atoms with Crippen LogP contribution in [0.2, 0.25) is 0 Å². The van der Waals surface area contributed by atoms with Crippen LogP contribution in [0, 0.1) is 34.8 Å². The molecule has 0 amide bonds. The second-order valence-electron chi connectivity index (χ2n) is 7.66. The Kier molecular flexibility index (Phi) is 4.41. The van der Waals surface area contributed by atoms with Gasteiger partial charge in [0.1, 0.15) is 28.1 Å². The van der Waals surface area contributed by atoms with Crippen molar-refractivity contribution >= 4 is 37.3 Å². The molecule has 3 N–H and O–H groups in total. The van der Waals surface area contributed by atoms with Gasteiger partial charge in [0.05, 0.1) is 16.5 Å².